The predicted molar refractivity (Wildman–Crippen MR) is 71.1 cm³/mol. The zero-order chi connectivity index (χ0) is 12.1. The molecule has 0 amide bonds. The first-order chi connectivity index (χ1) is 7.56. The Hall–Kier alpha value is -0.320. The Balaban J connectivity index is 2.92. The molecule has 0 aliphatic rings. The van der Waals surface area contributed by atoms with Gasteiger partial charge < -0.3 is 10.0 Å². The van der Waals surface area contributed by atoms with Crippen LogP contribution in [-0.4, -0.2) is 29.3 Å². The molecule has 0 atom stereocenters. The molecule has 0 bridgehead atoms. The number of anilines is 1. The van der Waals surface area contributed by atoms with Crippen LogP contribution in [0, 0.1) is 0 Å². The van der Waals surface area contributed by atoms with E-state index in [1.807, 2.05) is 6.07 Å². The standard InChI is InChI=1S/C11H16BrClN2O/c1-8(2)15(4-3-5-16)11-10(12)6-9(13)7-14-11/h6-8,16H,3-5H2,1-2H3. The van der Waals surface area contributed by atoms with Gasteiger partial charge in [-0.25, -0.2) is 4.98 Å². The Morgan fingerprint density at radius 3 is 2.75 bits per heavy atom. The van der Waals surface area contributed by atoms with Gasteiger partial charge in [0.2, 0.25) is 0 Å². The Bertz CT molecular complexity index is 347. The lowest BCUT2D eigenvalue weighted by atomic mass is 10.2. The second kappa shape index (κ2) is 6.42. The molecule has 0 spiro atoms. The fourth-order valence-corrected chi connectivity index (χ4v) is 2.33. The van der Waals surface area contributed by atoms with Crippen LogP contribution >= 0.6 is 27.5 Å². The van der Waals surface area contributed by atoms with Gasteiger partial charge in [0.15, 0.2) is 0 Å². The van der Waals surface area contributed by atoms with Gasteiger partial charge in [-0.2, -0.15) is 0 Å². The lowest BCUT2D eigenvalue weighted by molar-refractivity contribution is 0.288. The van der Waals surface area contributed by atoms with E-state index in [1.165, 1.54) is 0 Å². The minimum atomic E-state index is 0.189. The summed E-state index contributed by atoms with van der Waals surface area (Å²) >= 11 is 9.31. The third-order valence-corrected chi connectivity index (χ3v) is 3.03. The van der Waals surface area contributed by atoms with Crippen LogP contribution in [0.1, 0.15) is 20.3 Å². The molecule has 0 aromatic carbocycles. The minimum Gasteiger partial charge on any atom is -0.396 e. The van der Waals surface area contributed by atoms with Crippen LogP contribution in [-0.2, 0) is 0 Å². The molecule has 0 aliphatic carbocycles. The highest BCUT2D eigenvalue weighted by Crippen LogP contribution is 2.27. The topological polar surface area (TPSA) is 36.4 Å². The molecule has 3 nitrogen and oxygen atoms in total. The van der Waals surface area contributed by atoms with Gasteiger partial charge in [-0.3, -0.25) is 0 Å². The van der Waals surface area contributed by atoms with Gasteiger partial charge in [0.25, 0.3) is 0 Å². The summed E-state index contributed by atoms with van der Waals surface area (Å²) in [6, 6.07) is 2.16. The highest BCUT2D eigenvalue weighted by Gasteiger charge is 2.14. The molecular formula is C11H16BrClN2O. The molecule has 0 saturated heterocycles. The number of rotatable bonds is 5. The zero-order valence-electron chi connectivity index (χ0n) is 9.45. The number of pyridine rings is 1. The molecule has 0 unspecified atom stereocenters. The smallest absolute Gasteiger partial charge is 0.143 e. The molecule has 5 heteroatoms. The first-order valence-corrected chi connectivity index (χ1v) is 6.42. The lowest BCUT2D eigenvalue weighted by Gasteiger charge is -2.28. The molecule has 1 N–H and O–H groups in total. The number of hydrogen-bond donors (Lipinski definition) is 1. The van der Waals surface area contributed by atoms with Gasteiger partial charge >= 0.3 is 0 Å². The quantitative estimate of drug-likeness (QED) is 0.908. The van der Waals surface area contributed by atoms with E-state index in [2.05, 4.69) is 39.7 Å². The van der Waals surface area contributed by atoms with Crippen molar-refractivity contribution in [3.63, 3.8) is 0 Å². The first-order valence-electron chi connectivity index (χ1n) is 5.24. The summed E-state index contributed by atoms with van der Waals surface area (Å²) in [4.78, 5) is 6.45. The van der Waals surface area contributed by atoms with Crippen LogP contribution in [0.15, 0.2) is 16.7 Å². The monoisotopic (exact) mass is 306 g/mol. The number of nitrogens with zero attached hydrogens (tertiary/aromatic N) is 2. The summed E-state index contributed by atoms with van der Waals surface area (Å²) in [5.74, 6) is 0.868. The number of halogens is 2. The van der Waals surface area contributed by atoms with E-state index < -0.39 is 0 Å². The molecule has 1 aromatic rings. The molecular weight excluding hydrogens is 291 g/mol. The van der Waals surface area contributed by atoms with Crippen molar-refractivity contribution in [1.29, 1.82) is 0 Å². The molecule has 1 heterocycles. The first kappa shape index (κ1) is 13.7. The number of aliphatic hydroxyl groups is 1. The van der Waals surface area contributed by atoms with E-state index in [0.717, 1.165) is 23.3 Å². The molecule has 0 saturated carbocycles. The largest absolute Gasteiger partial charge is 0.396 e. The van der Waals surface area contributed by atoms with E-state index >= 15 is 0 Å². The van der Waals surface area contributed by atoms with Gasteiger partial charge in [0.1, 0.15) is 5.82 Å². The molecule has 0 radical (unpaired) electrons. The van der Waals surface area contributed by atoms with Crippen LogP contribution in [0.3, 0.4) is 0 Å². The third-order valence-electron chi connectivity index (χ3n) is 2.24. The van der Waals surface area contributed by atoms with Gasteiger partial charge in [-0.15, -0.1) is 0 Å². The second-order valence-electron chi connectivity index (χ2n) is 3.82. The van der Waals surface area contributed by atoms with Gasteiger partial charge in [-0.1, -0.05) is 11.6 Å². The summed E-state index contributed by atoms with van der Waals surface area (Å²) in [6.07, 6.45) is 2.37. The SMILES string of the molecule is CC(C)N(CCCO)c1ncc(Cl)cc1Br. The van der Waals surface area contributed by atoms with Gasteiger partial charge in [0.05, 0.1) is 9.50 Å². The van der Waals surface area contributed by atoms with Crippen molar-refractivity contribution in [2.45, 2.75) is 26.3 Å². The molecule has 16 heavy (non-hydrogen) atoms. The van der Waals surface area contributed by atoms with E-state index in [4.69, 9.17) is 16.7 Å². The fraction of sp³-hybridized carbons (Fsp3) is 0.545. The van der Waals surface area contributed by atoms with Crippen molar-refractivity contribution in [1.82, 2.24) is 4.98 Å². The van der Waals surface area contributed by atoms with Crippen molar-refractivity contribution in [3.8, 4) is 0 Å². The van der Waals surface area contributed by atoms with Crippen molar-refractivity contribution in [3.05, 3.63) is 21.8 Å². The van der Waals surface area contributed by atoms with Crippen molar-refractivity contribution >= 4 is 33.3 Å². The molecule has 0 aliphatic heterocycles. The number of hydrogen-bond acceptors (Lipinski definition) is 3. The fourth-order valence-electron chi connectivity index (χ4n) is 1.47. The number of aliphatic hydroxyl groups excluding tert-OH is 1. The maximum atomic E-state index is 8.88. The van der Waals surface area contributed by atoms with Gasteiger partial charge in [0, 0.05) is 25.4 Å². The normalized spacial score (nSPS) is 10.9. The molecule has 1 rings (SSSR count). The summed E-state index contributed by atoms with van der Waals surface area (Å²) in [7, 11) is 0. The van der Waals surface area contributed by atoms with Crippen LogP contribution in [0.25, 0.3) is 0 Å². The highest BCUT2D eigenvalue weighted by atomic mass is 79.9. The summed E-state index contributed by atoms with van der Waals surface area (Å²) in [5, 5.41) is 9.49. The van der Waals surface area contributed by atoms with Crippen LogP contribution in [0.4, 0.5) is 5.82 Å². The lowest BCUT2D eigenvalue weighted by Crippen LogP contribution is -2.33. The summed E-state index contributed by atoms with van der Waals surface area (Å²) in [6.45, 7) is 5.16. The average Bonchev–Trinajstić information content (AvgIpc) is 2.20. The van der Waals surface area contributed by atoms with Crippen molar-refractivity contribution in [2.75, 3.05) is 18.1 Å². The Labute approximate surface area is 110 Å². The maximum absolute atomic E-state index is 8.88. The zero-order valence-corrected chi connectivity index (χ0v) is 11.8. The third kappa shape index (κ3) is 3.61. The second-order valence-corrected chi connectivity index (χ2v) is 5.11. The average molecular weight is 308 g/mol. The van der Waals surface area contributed by atoms with E-state index in [9.17, 15) is 0 Å². The Morgan fingerprint density at radius 2 is 2.25 bits per heavy atom. The van der Waals surface area contributed by atoms with Crippen molar-refractivity contribution in [2.24, 2.45) is 0 Å². The predicted octanol–water partition coefficient (Wildman–Crippen LogP) is 3.09. The molecule has 90 valence electrons. The Kier molecular flexibility index (Phi) is 5.52. The minimum absolute atomic E-state index is 0.189. The summed E-state index contributed by atoms with van der Waals surface area (Å²) in [5.41, 5.74) is 0. The van der Waals surface area contributed by atoms with Crippen LogP contribution in [0.2, 0.25) is 5.02 Å². The van der Waals surface area contributed by atoms with E-state index in [-0.39, 0.29) is 6.61 Å². The van der Waals surface area contributed by atoms with Gasteiger partial charge in [-0.05, 0) is 42.3 Å². The highest BCUT2D eigenvalue weighted by molar-refractivity contribution is 9.10. The van der Waals surface area contributed by atoms with E-state index in [1.54, 1.807) is 6.20 Å². The Morgan fingerprint density at radius 1 is 1.56 bits per heavy atom. The van der Waals surface area contributed by atoms with Crippen molar-refractivity contribution < 1.29 is 5.11 Å². The van der Waals surface area contributed by atoms with Crippen LogP contribution < -0.4 is 4.90 Å². The summed E-state index contributed by atoms with van der Waals surface area (Å²) < 4.78 is 0.881. The van der Waals surface area contributed by atoms with Crippen LogP contribution in [0.5, 0.6) is 0 Å². The molecule has 1 aromatic heterocycles. The molecule has 0 fully saturated rings. The van der Waals surface area contributed by atoms with E-state index in [0.29, 0.717) is 11.1 Å². The maximum Gasteiger partial charge on any atom is 0.143 e. The number of aromatic nitrogens is 1.